The van der Waals surface area contributed by atoms with Gasteiger partial charge in [-0.25, -0.2) is 13.2 Å². The van der Waals surface area contributed by atoms with Crippen molar-refractivity contribution in [3.8, 4) is 0 Å². The number of aryl methyl sites for hydroxylation is 1. The maximum Gasteiger partial charge on any atom is 0.200 e. The molecule has 0 aliphatic heterocycles. The summed E-state index contributed by atoms with van der Waals surface area (Å²) in [7, 11) is 0. The highest BCUT2D eigenvalue weighted by atomic mass is 35.5. The summed E-state index contributed by atoms with van der Waals surface area (Å²) in [6.07, 6.45) is 0. The molecule has 0 spiro atoms. The third-order valence-electron chi connectivity index (χ3n) is 2.68. The Bertz CT molecular complexity index is 668. The van der Waals surface area contributed by atoms with Crippen molar-refractivity contribution in [3.63, 3.8) is 0 Å². The zero-order valence-corrected chi connectivity index (χ0v) is 10.6. The van der Waals surface area contributed by atoms with Gasteiger partial charge in [-0.1, -0.05) is 17.7 Å². The van der Waals surface area contributed by atoms with Crippen LogP contribution in [0.25, 0.3) is 0 Å². The van der Waals surface area contributed by atoms with Gasteiger partial charge in [0.15, 0.2) is 0 Å². The van der Waals surface area contributed by atoms with E-state index in [0.717, 1.165) is 24.3 Å². The molecule has 2 aromatic rings. The number of rotatable bonds is 2. The van der Waals surface area contributed by atoms with Gasteiger partial charge in [0.1, 0.15) is 17.5 Å². The van der Waals surface area contributed by atoms with Gasteiger partial charge in [-0.2, -0.15) is 0 Å². The molecule has 0 atom stereocenters. The summed E-state index contributed by atoms with van der Waals surface area (Å²) in [5.41, 5.74) is -0.880. The van der Waals surface area contributed by atoms with Crippen molar-refractivity contribution in [2.75, 3.05) is 0 Å². The summed E-state index contributed by atoms with van der Waals surface area (Å²) in [6, 6.07) is 5.27. The Balaban J connectivity index is 2.63. The summed E-state index contributed by atoms with van der Waals surface area (Å²) in [4.78, 5) is 12.1. The average Bonchev–Trinajstić information content (AvgIpc) is 2.37. The number of halogens is 4. The van der Waals surface area contributed by atoms with Crippen molar-refractivity contribution in [2.24, 2.45) is 0 Å². The number of hydrogen-bond donors (Lipinski definition) is 0. The molecule has 0 fully saturated rings. The first-order chi connectivity index (χ1) is 8.91. The van der Waals surface area contributed by atoms with Crippen LogP contribution >= 0.6 is 11.6 Å². The normalized spacial score (nSPS) is 10.6. The van der Waals surface area contributed by atoms with E-state index in [9.17, 15) is 18.0 Å². The molecule has 0 saturated carbocycles. The summed E-state index contributed by atoms with van der Waals surface area (Å²) in [5.74, 6) is -3.66. The Labute approximate surface area is 112 Å². The molecule has 0 amide bonds. The molecule has 0 heterocycles. The molecule has 0 N–H and O–H groups in total. The number of benzene rings is 2. The largest absolute Gasteiger partial charge is 0.288 e. The molecule has 0 radical (unpaired) electrons. The fourth-order valence-electron chi connectivity index (χ4n) is 1.67. The topological polar surface area (TPSA) is 17.1 Å². The fraction of sp³-hybridized carbons (Fsp3) is 0.0714. The van der Waals surface area contributed by atoms with Gasteiger partial charge < -0.3 is 0 Å². The van der Waals surface area contributed by atoms with Crippen LogP contribution in [0.3, 0.4) is 0 Å². The maximum atomic E-state index is 13.8. The van der Waals surface area contributed by atoms with E-state index in [2.05, 4.69) is 0 Å². The lowest BCUT2D eigenvalue weighted by Gasteiger charge is -2.08. The highest BCUT2D eigenvalue weighted by Gasteiger charge is 2.22. The first-order valence-electron chi connectivity index (χ1n) is 5.36. The van der Waals surface area contributed by atoms with E-state index in [1.807, 2.05) is 0 Å². The molecule has 0 saturated heterocycles. The Morgan fingerprint density at radius 1 is 1.11 bits per heavy atom. The van der Waals surface area contributed by atoms with Crippen LogP contribution in [0, 0.1) is 24.4 Å². The van der Waals surface area contributed by atoms with Crippen LogP contribution in [-0.2, 0) is 0 Å². The maximum absolute atomic E-state index is 13.8. The smallest absolute Gasteiger partial charge is 0.200 e. The summed E-state index contributed by atoms with van der Waals surface area (Å²) >= 11 is 5.75. The van der Waals surface area contributed by atoms with Crippen LogP contribution in [0.4, 0.5) is 13.2 Å². The second kappa shape index (κ2) is 5.05. The van der Waals surface area contributed by atoms with Crippen LogP contribution in [0.5, 0.6) is 0 Å². The van der Waals surface area contributed by atoms with Crippen LogP contribution < -0.4 is 0 Å². The van der Waals surface area contributed by atoms with E-state index in [4.69, 9.17) is 11.6 Å². The molecule has 2 aromatic carbocycles. The highest BCUT2D eigenvalue weighted by molar-refractivity contribution is 6.35. The van der Waals surface area contributed by atoms with Gasteiger partial charge in [0.05, 0.1) is 10.6 Å². The minimum absolute atomic E-state index is 0.0632. The van der Waals surface area contributed by atoms with Gasteiger partial charge in [-0.15, -0.1) is 0 Å². The predicted octanol–water partition coefficient (Wildman–Crippen LogP) is 4.30. The van der Waals surface area contributed by atoms with Gasteiger partial charge >= 0.3 is 0 Å². The highest BCUT2D eigenvalue weighted by Crippen LogP contribution is 2.24. The Hall–Kier alpha value is -1.81. The van der Waals surface area contributed by atoms with Gasteiger partial charge in [0, 0.05) is 5.56 Å². The van der Waals surface area contributed by atoms with Gasteiger partial charge in [0.25, 0.3) is 0 Å². The van der Waals surface area contributed by atoms with E-state index in [0.29, 0.717) is 0 Å². The molecule has 5 heteroatoms. The summed E-state index contributed by atoms with van der Waals surface area (Å²) in [6.45, 7) is 1.40. The average molecular weight is 285 g/mol. The molecule has 0 aliphatic carbocycles. The standard InChI is InChI=1S/C14H8ClF3O/c1-7-2-5-11(17)12(13(7)18)14(19)9-6-8(16)3-4-10(9)15/h2-6H,1H3. The van der Waals surface area contributed by atoms with E-state index in [-0.39, 0.29) is 16.1 Å². The minimum Gasteiger partial charge on any atom is -0.288 e. The number of carbonyl (C=O) groups excluding carboxylic acids is 1. The monoisotopic (exact) mass is 284 g/mol. The Morgan fingerprint density at radius 2 is 1.79 bits per heavy atom. The zero-order chi connectivity index (χ0) is 14.2. The lowest BCUT2D eigenvalue weighted by Crippen LogP contribution is -2.09. The van der Waals surface area contributed by atoms with E-state index < -0.39 is 28.8 Å². The summed E-state index contributed by atoms with van der Waals surface area (Å²) in [5, 5.41) is -0.0632. The lowest BCUT2D eigenvalue weighted by molar-refractivity contribution is 0.103. The molecule has 19 heavy (non-hydrogen) atoms. The molecule has 0 bridgehead atoms. The van der Waals surface area contributed by atoms with Crippen LogP contribution in [0.15, 0.2) is 30.3 Å². The summed E-state index contributed by atoms with van der Waals surface area (Å²) < 4.78 is 40.5. The fourth-order valence-corrected chi connectivity index (χ4v) is 1.87. The molecule has 98 valence electrons. The first kappa shape index (κ1) is 13.6. The molecule has 0 aliphatic rings. The van der Waals surface area contributed by atoms with Crippen molar-refractivity contribution < 1.29 is 18.0 Å². The molecule has 2 rings (SSSR count). The second-order valence-electron chi connectivity index (χ2n) is 4.01. The van der Waals surface area contributed by atoms with Crippen molar-refractivity contribution in [3.05, 3.63) is 69.5 Å². The quantitative estimate of drug-likeness (QED) is 0.752. The Kier molecular flexibility index (Phi) is 3.62. The van der Waals surface area contributed by atoms with Gasteiger partial charge in [-0.3, -0.25) is 4.79 Å². The molecular formula is C14H8ClF3O. The SMILES string of the molecule is Cc1ccc(F)c(C(=O)c2cc(F)ccc2Cl)c1F. The van der Waals surface area contributed by atoms with Crippen LogP contribution in [0.1, 0.15) is 21.5 Å². The Morgan fingerprint density at radius 3 is 2.47 bits per heavy atom. The van der Waals surface area contributed by atoms with Crippen molar-refractivity contribution in [2.45, 2.75) is 6.92 Å². The molecule has 0 unspecified atom stereocenters. The first-order valence-corrected chi connectivity index (χ1v) is 5.74. The van der Waals surface area contributed by atoms with Crippen LogP contribution in [-0.4, -0.2) is 5.78 Å². The van der Waals surface area contributed by atoms with Gasteiger partial charge in [-0.05, 0) is 36.8 Å². The minimum atomic E-state index is -1.01. The van der Waals surface area contributed by atoms with Crippen molar-refractivity contribution in [1.29, 1.82) is 0 Å². The number of hydrogen-bond acceptors (Lipinski definition) is 1. The van der Waals surface area contributed by atoms with Gasteiger partial charge in [0.2, 0.25) is 5.78 Å². The van der Waals surface area contributed by atoms with Crippen LogP contribution in [0.2, 0.25) is 5.02 Å². The molecule has 1 nitrogen and oxygen atoms in total. The zero-order valence-electron chi connectivity index (χ0n) is 9.81. The lowest BCUT2D eigenvalue weighted by atomic mass is 10.00. The van der Waals surface area contributed by atoms with E-state index in [1.54, 1.807) is 0 Å². The van der Waals surface area contributed by atoms with Crippen molar-refractivity contribution in [1.82, 2.24) is 0 Å². The predicted molar refractivity (Wildman–Crippen MR) is 65.9 cm³/mol. The van der Waals surface area contributed by atoms with E-state index >= 15 is 0 Å². The molecular weight excluding hydrogens is 277 g/mol. The number of ketones is 1. The third-order valence-corrected chi connectivity index (χ3v) is 3.01. The van der Waals surface area contributed by atoms with E-state index in [1.165, 1.54) is 13.0 Å². The second-order valence-corrected chi connectivity index (χ2v) is 4.41. The molecule has 0 aromatic heterocycles. The number of carbonyl (C=O) groups is 1. The third kappa shape index (κ3) is 2.49. The van der Waals surface area contributed by atoms with Crippen molar-refractivity contribution >= 4 is 17.4 Å².